The highest BCUT2D eigenvalue weighted by molar-refractivity contribution is 7.99. The average molecular weight is 270 g/mol. The normalized spacial score (nSPS) is 11.2. The minimum Gasteiger partial charge on any atom is -0.339 e. The van der Waals surface area contributed by atoms with Gasteiger partial charge in [-0.2, -0.15) is 18.4 Å². The molecule has 0 saturated carbocycles. The van der Waals surface area contributed by atoms with E-state index in [4.69, 9.17) is 5.26 Å². The summed E-state index contributed by atoms with van der Waals surface area (Å²) in [5, 5.41) is 9.17. The second-order valence-corrected chi connectivity index (χ2v) is 4.13. The van der Waals surface area contributed by atoms with Crippen LogP contribution in [0.4, 0.5) is 13.2 Å². The Kier molecular flexibility index (Phi) is 3.25. The number of hydrogen-bond acceptors (Lipinski definition) is 4. The van der Waals surface area contributed by atoms with Crippen molar-refractivity contribution in [2.45, 2.75) is 16.4 Å². The first-order chi connectivity index (χ1) is 8.50. The summed E-state index contributed by atoms with van der Waals surface area (Å²) in [7, 11) is 0. The predicted octanol–water partition coefficient (Wildman–Crippen LogP) is 2.85. The molecular weight excluding hydrogens is 265 g/mol. The van der Waals surface area contributed by atoms with Gasteiger partial charge >= 0.3 is 6.18 Å². The van der Waals surface area contributed by atoms with Crippen molar-refractivity contribution in [1.29, 1.82) is 5.26 Å². The molecule has 1 N–H and O–H groups in total. The summed E-state index contributed by atoms with van der Waals surface area (Å²) >= 11 is 0.875. The minimum atomic E-state index is -4.54. The van der Waals surface area contributed by atoms with Crippen LogP contribution in [0.3, 0.4) is 0 Å². The predicted molar refractivity (Wildman–Crippen MR) is 56.7 cm³/mol. The Morgan fingerprint density at radius 2 is 2.11 bits per heavy atom. The number of halogens is 3. The van der Waals surface area contributed by atoms with Gasteiger partial charge in [0.2, 0.25) is 0 Å². The Balaban J connectivity index is 2.41. The number of rotatable bonds is 2. The molecular formula is C10H5F3N4S. The lowest BCUT2D eigenvalue weighted by Crippen LogP contribution is -2.08. The number of pyridine rings is 1. The number of aromatic amines is 1. The standard InChI is InChI=1S/C10H5F3N4S/c11-10(12,13)7-2-1-6(5-14)8(17-7)18-9-15-3-4-16-9/h1-4H,(H,15,16). The Morgan fingerprint density at radius 3 is 2.67 bits per heavy atom. The zero-order valence-electron chi connectivity index (χ0n) is 8.69. The van der Waals surface area contributed by atoms with E-state index >= 15 is 0 Å². The molecule has 0 aliphatic carbocycles. The molecule has 0 aliphatic heterocycles. The molecule has 2 rings (SSSR count). The third kappa shape index (κ3) is 2.62. The molecule has 2 aromatic heterocycles. The van der Waals surface area contributed by atoms with Crippen LogP contribution in [0.25, 0.3) is 0 Å². The quantitative estimate of drug-likeness (QED) is 0.911. The van der Waals surface area contributed by atoms with Crippen molar-refractivity contribution >= 4 is 11.8 Å². The number of aromatic nitrogens is 3. The molecule has 2 heterocycles. The first kappa shape index (κ1) is 12.4. The highest BCUT2D eigenvalue weighted by Gasteiger charge is 2.33. The fraction of sp³-hybridized carbons (Fsp3) is 0.100. The molecule has 92 valence electrons. The lowest BCUT2D eigenvalue weighted by molar-refractivity contribution is -0.141. The molecule has 0 amide bonds. The molecule has 0 aliphatic rings. The Morgan fingerprint density at radius 1 is 1.33 bits per heavy atom. The van der Waals surface area contributed by atoms with E-state index in [2.05, 4.69) is 15.0 Å². The SMILES string of the molecule is N#Cc1ccc(C(F)(F)F)nc1Sc1ncc[nH]1. The molecule has 0 radical (unpaired) electrons. The molecule has 18 heavy (non-hydrogen) atoms. The maximum Gasteiger partial charge on any atom is 0.433 e. The maximum absolute atomic E-state index is 12.5. The van der Waals surface area contributed by atoms with E-state index in [1.165, 1.54) is 12.4 Å². The minimum absolute atomic E-state index is 0.0257. The summed E-state index contributed by atoms with van der Waals surface area (Å²) in [5.74, 6) is 0. The second-order valence-electron chi connectivity index (χ2n) is 3.16. The monoisotopic (exact) mass is 270 g/mol. The van der Waals surface area contributed by atoms with E-state index in [0.717, 1.165) is 23.9 Å². The van der Waals surface area contributed by atoms with Crippen molar-refractivity contribution < 1.29 is 13.2 Å². The Hall–Kier alpha value is -2.01. The summed E-state index contributed by atoms with van der Waals surface area (Å²) in [6, 6.07) is 3.68. The first-order valence-corrected chi connectivity index (χ1v) is 5.48. The smallest absolute Gasteiger partial charge is 0.339 e. The number of nitriles is 1. The average Bonchev–Trinajstić information content (AvgIpc) is 2.80. The zero-order chi connectivity index (χ0) is 13.2. The van der Waals surface area contributed by atoms with E-state index < -0.39 is 11.9 Å². The van der Waals surface area contributed by atoms with Crippen molar-refractivity contribution in [2.24, 2.45) is 0 Å². The van der Waals surface area contributed by atoms with Gasteiger partial charge in [0, 0.05) is 12.4 Å². The van der Waals surface area contributed by atoms with Gasteiger partial charge < -0.3 is 4.98 Å². The highest BCUT2D eigenvalue weighted by atomic mass is 32.2. The van der Waals surface area contributed by atoms with Gasteiger partial charge in [-0.1, -0.05) is 0 Å². The molecule has 2 aromatic rings. The van der Waals surface area contributed by atoms with Crippen LogP contribution < -0.4 is 0 Å². The van der Waals surface area contributed by atoms with Crippen LogP contribution in [0.15, 0.2) is 34.7 Å². The van der Waals surface area contributed by atoms with Crippen molar-refractivity contribution in [2.75, 3.05) is 0 Å². The van der Waals surface area contributed by atoms with Gasteiger partial charge in [-0.3, -0.25) is 0 Å². The van der Waals surface area contributed by atoms with Crippen LogP contribution in [-0.2, 0) is 6.18 Å². The van der Waals surface area contributed by atoms with Gasteiger partial charge in [0.1, 0.15) is 16.8 Å². The summed E-state index contributed by atoms with van der Waals surface area (Å²) in [5.41, 5.74) is -0.958. The fourth-order valence-corrected chi connectivity index (χ4v) is 1.95. The van der Waals surface area contributed by atoms with Crippen LogP contribution in [0, 0.1) is 11.3 Å². The summed E-state index contributed by atoms with van der Waals surface area (Å²) in [4.78, 5) is 10.0. The first-order valence-electron chi connectivity index (χ1n) is 4.66. The number of hydrogen-bond donors (Lipinski definition) is 1. The molecule has 0 saturated heterocycles. The molecule has 0 atom stereocenters. The van der Waals surface area contributed by atoms with Crippen LogP contribution >= 0.6 is 11.8 Å². The van der Waals surface area contributed by atoms with Crippen LogP contribution in [0.1, 0.15) is 11.3 Å². The van der Waals surface area contributed by atoms with Crippen LogP contribution in [-0.4, -0.2) is 15.0 Å². The van der Waals surface area contributed by atoms with E-state index in [9.17, 15) is 13.2 Å². The van der Waals surface area contributed by atoms with Crippen LogP contribution in [0.2, 0.25) is 0 Å². The molecule has 0 fully saturated rings. The van der Waals surface area contributed by atoms with E-state index in [0.29, 0.717) is 5.16 Å². The van der Waals surface area contributed by atoms with Gasteiger partial charge in [0.25, 0.3) is 0 Å². The molecule has 8 heteroatoms. The van der Waals surface area contributed by atoms with Gasteiger partial charge in [-0.25, -0.2) is 9.97 Å². The molecule has 0 unspecified atom stereocenters. The molecule has 0 spiro atoms. The topological polar surface area (TPSA) is 65.4 Å². The molecule has 0 aromatic carbocycles. The Bertz CT molecular complexity index is 586. The van der Waals surface area contributed by atoms with E-state index in [1.54, 1.807) is 6.07 Å². The van der Waals surface area contributed by atoms with Crippen molar-refractivity contribution in [3.8, 4) is 6.07 Å². The lowest BCUT2D eigenvalue weighted by atomic mass is 10.2. The maximum atomic E-state index is 12.5. The van der Waals surface area contributed by atoms with Gasteiger partial charge in [0.05, 0.1) is 5.56 Å². The summed E-state index contributed by atoms with van der Waals surface area (Å²) in [6.45, 7) is 0. The van der Waals surface area contributed by atoms with E-state index in [1.807, 2.05) is 0 Å². The number of nitrogens with zero attached hydrogens (tertiary/aromatic N) is 3. The molecule has 0 bridgehead atoms. The summed E-state index contributed by atoms with van der Waals surface area (Å²) in [6.07, 6.45) is -1.55. The highest BCUT2D eigenvalue weighted by Crippen LogP contribution is 2.32. The van der Waals surface area contributed by atoms with Crippen molar-refractivity contribution in [3.63, 3.8) is 0 Å². The third-order valence-electron chi connectivity index (χ3n) is 1.94. The fourth-order valence-electron chi connectivity index (χ4n) is 1.16. The second kappa shape index (κ2) is 4.70. The largest absolute Gasteiger partial charge is 0.433 e. The number of H-pyrrole nitrogens is 1. The van der Waals surface area contributed by atoms with Crippen molar-refractivity contribution in [1.82, 2.24) is 15.0 Å². The van der Waals surface area contributed by atoms with Crippen molar-refractivity contribution in [3.05, 3.63) is 35.8 Å². The van der Waals surface area contributed by atoms with E-state index in [-0.39, 0.29) is 10.6 Å². The number of alkyl halides is 3. The van der Waals surface area contributed by atoms with Gasteiger partial charge in [-0.05, 0) is 23.9 Å². The van der Waals surface area contributed by atoms with Gasteiger partial charge in [0.15, 0.2) is 5.16 Å². The van der Waals surface area contributed by atoms with Crippen LogP contribution in [0.5, 0.6) is 0 Å². The van der Waals surface area contributed by atoms with Gasteiger partial charge in [-0.15, -0.1) is 0 Å². The molecule has 4 nitrogen and oxygen atoms in total. The number of imidazole rings is 1. The zero-order valence-corrected chi connectivity index (χ0v) is 9.51. The summed E-state index contributed by atoms with van der Waals surface area (Å²) < 4.78 is 37.5. The lowest BCUT2D eigenvalue weighted by Gasteiger charge is -2.07. The Labute approximate surface area is 104 Å². The third-order valence-corrected chi connectivity index (χ3v) is 2.86. The number of nitrogens with one attached hydrogen (secondary N) is 1.